The number of nitrogens with zero attached hydrogens (tertiary/aromatic N) is 3. The fraction of sp³-hybridized carbons (Fsp3) is 0.353. The number of nitrogens with two attached hydrogens (primary N) is 2. The molecule has 0 fully saturated rings. The van der Waals surface area contributed by atoms with E-state index >= 15 is 0 Å². The molecule has 1 atom stereocenters. The number of carboxylic acids is 1. The fourth-order valence-electron chi connectivity index (χ4n) is 2.58. The van der Waals surface area contributed by atoms with Gasteiger partial charge in [-0.15, -0.1) is 0 Å². The number of aromatic nitrogens is 2. The summed E-state index contributed by atoms with van der Waals surface area (Å²) in [6.45, 7) is 0.491. The van der Waals surface area contributed by atoms with Gasteiger partial charge in [0.15, 0.2) is 5.95 Å². The molecule has 0 saturated heterocycles. The number of nitrogen functional groups attached to an aromatic ring is 1. The number of amides is 1. The maximum atomic E-state index is 12.2. The van der Waals surface area contributed by atoms with E-state index in [9.17, 15) is 19.8 Å². The van der Waals surface area contributed by atoms with E-state index in [-0.39, 0.29) is 18.6 Å². The molecule has 1 unspecified atom stereocenters. The van der Waals surface area contributed by atoms with Gasteiger partial charge in [-0.1, -0.05) is 12.1 Å². The maximum absolute atomic E-state index is 12.2. The van der Waals surface area contributed by atoms with Crippen LogP contribution in [0.4, 0.5) is 5.95 Å². The number of hydrogen-bond acceptors (Lipinski definition) is 6. The second kappa shape index (κ2) is 8.86. The fourth-order valence-corrected chi connectivity index (χ4v) is 2.58. The molecule has 0 bridgehead atoms. The lowest BCUT2D eigenvalue weighted by Crippen LogP contribution is -2.49. The summed E-state index contributed by atoms with van der Waals surface area (Å²) < 4.78 is 1.70. The van der Waals surface area contributed by atoms with Gasteiger partial charge in [0.2, 0.25) is 5.91 Å². The monoisotopic (exact) mass is 361 g/mol. The van der Waals surface area contributed by atoms with Gasteiger partial charge in [-0.2, -0.15) is 0 Å². The topological polar surface area (TPSA) is 148 Å². The van der Waals surface area contributed by atoms with Crippen molar-refractivity contribution in [3.63, 3.8) is 0 Å². The summed E-state index contributed by atoms with van der Waals surface area (Å²) in [5.74, 6) is 4.66. The highest BCUT2D eigenvalue weighted by molar-refractivity contribution is 5.83. The minimum absolute atomic E-state index is 0.0829. The lowest BCUT2D eigenvalue weighted by Gasteiger charge is -2.24. The molecule has 0 aliphatic heterocycles. The van der Waals surface area contributed by atoms with E-state index in [1.807, 2.05) is 0 Å². The molecule has 0 aliphatic rings. The quantitative estimate of drug-likeness (QED) is 0.292. The molecule has 0 spiro atoms. The van der Waals surface area contributed by atoms with Gasteiger partial charge in [-0.25, -0.2) is 15.6 Å². The van der Waals surface area contributed by atoms with Gasteiger partial charge in [-0.3, -0.25) is 9.80 Å². The lowest BCUT2D eigenvalue weighted by atomic mass is 10.1. The standard InChI is InChI=1S/C17H23N5O4/c18-17-20-9-11-21(17)10-1-2-14(16(25)26)22(19)15(24)8-5-12-3-6-13(23)7-4-12/h3-4,6-7,9,11,14,23H,1-2,5,8,10,19H2,(H2,18,20)(H,25,26). The normalized spacial score (nSPS) is 11.9. The maximum Gasteiger partial charge on any atom is 0.328 e. The van der Waals surface area contributed by atoms with Crippen LogP contribution in [0.3, 0.4) is 0 Å². The molecule has 0 aliphatic carbocycles. The summed E-state index contributed by atoms with van der Waals surface area (Å²) in [6, 6.07) is 5.36. The van der Waals surface area contributed by atoms with E-state index in [2.05, 4.69) is 4.98 Å². The first kappa shape index (κ1) is 19.3. The molecule has 0 radical (unpaired) electrons. The largest absolute Gasteiger partial charge is 0.508 e. The number of aliphatic carboxylic acids is 1. The number of phenols is 1. The van der Waals surface area contributed by atoms with Crippen LogP contribution in [-0.4, -0.2) is 42.7 Å². The van der Waals surface area contributed by atoms with Crippen LogP contribution in [0.5, 0.6) is 5.75 Å². The highest BCUT2D eigenvalue weighted by Gasteiger charge is 2.26. The first-order valence-electron chi connectivity index (χ1n) is 8.22. The van der Waals surface area contributed by atoms with Gasteiger partial charge in [0.05, 0.1) is 0 Å². The van der Waals surface area contributed by atoms with Crippen molar-refractivity contribution in [3.8, 4) is 5.75 Å². The number of carbonyl (C=O) groups excluding carboxylic acids is 1. The highest BCUT2D eigenvalue weighted by Crippen LogP contribution is 2.13. The Balaban J connectivity index is 1.86. The summed E-state index contributed by atoms with van der Waals surface area (Å²) in [6.07, 6.45) is 4.44. The van der Waals surface area contributed by atoms with Gasteiger partial charge in [-0.05, 0) is 37.0 Å². The zero-order chi connectivity index (χ0) is 19.1. The van der Waals surface area contributed by atoms with Gasteiger partial charge in [0.1, 0.15) is 11.8 Å². The molecule has 6 N–H and O–H groups in total. The zero-order valence-corrected chi connectivity index (χ0v) is 14.3. The molecule has 140 valence electrons. The number of hydrazine groups is 1. The molecular formula is C17H23N5O4. The molecule has 1 aromatic carbocycles. The minimum atomic E-state index is -1.15. The van der Waals surface area contributed by atoms with Gasteiger partial charge in [0.25, 0.3) is 0 Å². The van der Waals surface area contributed by atoms with E-state index < -0.39 is 17.9 Å². The van der Waals surface area contributed by atoms with E-state index in [0.29, 0.717) is 25.3 Å². The highest BCUT2D eigenvalue weighted by atomic mass is 16.4. The van der Waals surface area contributed by atoms with E-state index in [0.717, 1.165) is 10.6 Å². The SMILES string of the molecule is Nc1nccn1CCCC(C(=O)O)N(N)C(=O)CCc1ccc(O)cc1. The Labute approximate surface area is 150 Å². The number of carboxylic acid groups (broad SMARTS) is 1. The zero-order valence-electron chi connectivity index (χ0n) is 14.3. The van der Waals surface area contributed by atoms with Gasteiger partial charge in [0, 0.05) is 25.4 Å². The number of imidazole rings is 1. The lowest BCUT2D eigenvalue weighted by molar-refractivity contribution is -0.150. The van der Waals surface area contributed by atoms with Crippen molar-refractivity contribution < 1.29 is 19.8 Å². The number of anilines is 1. The molecule has 1 heterocycles. The second-order valence-corrected chi connectivity index (χ2v) is 5.94. The van der Waals surface area contributed by atoms with Crippen LogP contribution in [0.2, 0.25) is 0 Å². The van der Waals surface area contributed by atoms with Gasteiger partial charge >= 0.3 is 5.97 Å². The Hall–Kier alpha value is -3.07. The van der Waals surface area contributed by atoms with E-state index in [4.69, 9.17) is 11.6 Å². The predicted molar refractivity (Wildman–Crippen MR) is 94.8 cm³/mol. The first-order chi connectivity index (χ1) is 12.4. The summed E-state index contributed by atoms with van der Waals surface area (Å²) >= 11 is 0. The van der Waals surface area contributed by atoms with Crippen LogP contribution in [0.25, 0.3) is 0 Å². The average Bonchev–Trinajstić information content (AvgIpc) is 3.02. The molecule has 2 aromatic rings. The smallest absolute Gasteiger partial charge is 0.328 e. The van der Waals surface area contributed by atoms with E-state index in [1.165, 1.54) is 12.1 Å². The van der Waals surface area contributed by atoms with Crippen molar-refractivity contribution in [1.29, 1.82) is 0 Å². The van der Waals surface area contributed by atoms with Crippen molar-refractivity contribution in [1.82, 2.24) is 14.6 Å². The molecule has 9 nitrogen and oxygen atoms in total. The molecule has 26 heavy (non-hydrogen) atoms. The number of hydrogen-bond donors (Lipinski definition) is 4. The first-order valence-corrected chi connectivity index (χ1v) is 8.22. The minimum Gasteiger partial charge on any atom is -0.508 e. The number of carbonyl (C=O) groups is 2. The number of aryl methyl sites for hydroxylation is 2. The number of rotatable bonds is 9. The summed E-state index contributed by atoms with van der Waals surface area (Å²) in [4.78, 5) is 27.6. The molecular weight excluding hydrogens is 338 g/mol. The van der Waals surface area contributed by atoms with Crippen LogP contribution < -0.4 is 11.6 Å². The third-order valence-electron chi connectivity index (χ3n) is 4.10. The van der Waals surface area contributed by atoms with Crippen molar-refractivity contribution in [2.45, 2.75) is 38.3 Å². The Kier molecular flexibility index (Phi) is 6.56. The molecule has 1 aromatic heterocycles. The Bertz CT molecular complexity index is 744. The summed E-state index contributed by atoms with van der Waals surface area (Å²) in [7, 11) is 0. The Morgan fingerprint density at radius 1 is 1.27 bits per heavy atom. The molecule has 2 rings (SSSR count). The van der Waals surface area contributed by atoms with Crippen LogP contribution in [0.15, 0.2) is 36.7 Å². The molecule has 9 heteroatoms. The summed E-state index contributed by atoms with van der Waals surface area (Å²) in [5, 5.41) is 19.4. The molecule has 1 amide bonds. The summed E-state index contributed by atoms with van der Waals surface area (Å²) in [5.41, 5.74) is 6.51. The Morgan fingerprint density at radius 3 is 2.54 bits per heavy atom. The molecule has 0 saturated carbocycles. The van der Waals surface area contributed by atoms with Crippen molar-refractivity contribution >= 4 is 17.8 Å². The predicted octanol–water partition coefficient (Wildman–Crippen LogP) is 0.739. The van der Waals surface area contributed by atoms with Crippen molar-refractivity contribution in [2.75, 3.05) is 5.73 Å². The number of phenolic OH excluding ortho intramolecular Hbond substituents is 1. The Morgan fingerprint density at radius 2 is 1.96 bits per heavy atom. The van der Waals surface area contributed by atoms with Gasteiger partial charge < -0.3 is 20.5 Å². The van der Waals surface area contributed by atoms with Crippen LogP contribution in [0.1, 0.15) is 24.8 Å². The number of aromatic hydroxyl groups is 1. The van der Waals surface area contributed by atoms with Crippen LogP contribution in [-0.2, 0) is 22.6 Å². The number of benzene rings is 1. The van der Waals surface area contributed by atoms with Crippen LogP contribution in [0, 0.1) is 0 Å². The second-order valence-electron chi connectivity index (χ2n) is 5.94. The third-order valence-corrected chi connectivity index (χ3v) is 4.10. The third kappa shape index (κ3) is 5.21. The van der Waals surface area contributed by atoms with Crippen LogP contribution >= 0.6 is 0 Å². The van der Waals surface area contributed by atoms with Crippen molar-refractivity contribution in [2.24, 2.45) is 5.84 Å². The average molecular weight is 361 g/mol. The van der Waals surface area contributed by atoms with Crippen molar-refractivity contribution in [3.05, 3.63) is 42.2 Å². The van der Waals surface area contributed by atoms with E-state index in [1.54, 1.807) is 29.1 Å².